The molecule has 29 heavy (non-hydrogen) atoms. The highest BCUT2D eigenvalue weighted by Gasteiger charge is 2.47. The van der Waals surface area contributed by atoms with Gasteiger partial charge in [0.2, 0.25) is 5.91 Å². The van der Waals surface area contributed by atoms with Gasteiger partial charge in [0.1, 0.15) is 0 Å². The van der Waals surface area contributed by atoms with Crippen molar-refractivity contribution < 1.29 is 14.3 Å². The lowest BCUT2D eigenvalue weighted by molar-refractivity contribution is -0.129. The van der Waals surface area contributed by atoms with Gasteiger partial charge in [-0.1, -0.05) is 0 Å². The van der Waals surface area contributed by atoms with Crippen molar-refractivity contribution in [3.8, 4) is 0 Å². The minimum atomic E-state index is -0.449. The standard InChI is InChI=1S/C18H36ClN7O3/c1-25(2)5-6-28-7-8-29-14-3-4-21-10-13(14)23-18(27)15-16(20)24-26-11-12(19)9-22-17(15)26/h12-17,21-22,24H,3-11,20H2,1-2H3,(H,23,27). The van der Waals surface area contributed by atoms with Crippen LogP contribution >= 0.6 is 11.6 Å². The maximum Gasteiger partial charge on any atom is 0.229 e. The molecule has 3 aliphatic heterocycles. The molecule has 6 atom stereocenters. The predicted octanol–water partition coefficient (Wildman–Crippen LogP) is -2.31. The first-order chi connectivity index (χ1) is 14.0. The molecule has 0 saturated carbocycles. The van der Waals surface area contributed by atoms with Gasteiger partial charge in [-0.3, -0.25) is 10.1 Å². The monoisotopic (exact) mass is 433 g/mol. The minimum absolute atomic E-state index is 0.00645. The summed E-state index contributed by atoms with van der Waals surface area (Å²) in [5, 5.41) is 11.8. The number of nitrogens with two attached hydrogens (primary N) is 1. The Morgan fingerprint density at radius 1 is 1.31 bits per heavy atom. The molecule has 3 aliphatic rings. The molecule has 3 heterocycles. The second-order valence-electron chi connectivity index (χ2n) is 8.22. The van der Waals surface area contributed by atoms with Crippen molar-refractivity contribution in [3.63, 3.8) is 0 Å². The molecular weight excluding hydrogens is 398 g/mol. The van der Waals surface area contributed by atoms with Crippen LogP contribution in [0.25, 0.3) is 0 Å². The number of ether oxygens (including phenoxy) is 2. The van der Waals surface area contributed by atoms with E-state index in [2.05, 4.69) is 26.3 Å². The molecule has 168 valence electrons. The van der Waals surface area contributed by atoms with Gasteiger partial charge in [-0.2, -0.15) is 0 Å². The lowest BCUT2D eigenvalue weighted by Crippen LogP contribution is -2.61. The zero-order valence-electron chi connectivity index (χ0n) is 17.4. The third-order valence-electron chi connectivity index (χ3n) is 5.61. The summed E-state index contributed by atoms with van der Waals surface area (Å²) < 4.78 is 11.6. The van der Waals surface area contributed by atoms with Gasteiger partial charge in [0.25, 0.3) is 0 Å². The van der Waals surface area contributed by atoms with Crippen LogP contribution in [0.1, 0.15) is 6.42 Å². The first-order valence-electron chi connectivity index (χ1n) is 10.5. The molecule has 0 aromatic carbocycles. The van der Waals surface area contributed by atoms with Crippen LogP contribution in [0.3, 0.4) is 0 Å². The van der Waals surface area contributed by atoms with E-state index in [1.165, 1.54) is 0 Å². The van der Waals surface area contributed by atoms with Gasteiger partial charge >= 0.3 is 0 Å². The van der Waals surface area contributed by atoms with E-state index in [4.69, 9.17) is 26.8 Å². The van der Waals surface area contributed by atoms with Crippen LogP contribution in [0.4, 0.5) is 0 Å². The van der Waals surface area contributed by atoms with Crippen LogP contribution in [-0.4, -0.2) is 112 Å². The van der Waals surface area contributed by atoms with Gasteiger partial charge in [-0.05, 0) is 27.1 Å². The summed E-state index contributed by atoms with van der Waals surface area (Å²) >= 11 is 6.21. The fraction of sp³-hybridized carbons (Fsp3) is 0.944. The van der Waals surface area contributed by atoms with Crippen molar-refractivity contribution in [1.82, 2.24) is 31.3 Å². The Bertz CT molecular complexity index is 530. The predicted molar refractivity (Wildman–Crippen MR) is 111 cm³/mol. The number of nitrogens with zero attached hydrogens (tertiary/aromatic N) is 2. The highest BCUT2D eigenvalue weighted by molar-refractivity contribution is 6.21. The second kappa shape index (κ2) is 11.2. The summed E-state index contributed by atoms with van der Waals surface area (Å²) in [4.78, 5) is 15.1. The number of hydrogen-bond donors (Lipinski definition) is 5. The number of hydrogen-bond acceptors (Lipinski definition) is 9. The summed E-state index contributed by atoms with van der Waals surface area (Å²) in [6.45, 7) is 5.51. The number of alkyl halides is 1. The van der Waals surface area contributed by atoms with E-state index >= 15 is 0 Å². The van der Waals surface area contributed by atoms with Crippen molar-refractivity contribution in [1.29, 1.82) is 0 Å². The summed E-state index contributed by atoms with van der Waals surface area (Å²) in [6, 6.07) is -0.0939. The molecule has 6 unspecified atom stereocenters. The number of piperidine rings is 1. The number of fused-ring (bicyclic) bond motifs is 1. The normalized spacial score (nSPS) is 35.6. The van der Waals surface area contributed by atoms with Crippen LogP contribution in [0.15, 0.2) is 0 Å². The molecule has 0 aromatic heterocycles. The molecule has 1 amide bonds. The smallest absolute Gasteiger partial charge is 0.229 e. The van der Waals surface area contributed by atoms with Gasteiger partial charge in [0.05, 0.1) is 55.6 Å². The Morgan fingerprint density at radius 2 is 2.14 bits per heavy atom. The van der Waals surface area contributed by atoms with Gasteiger partial charge in [0, 0.05) is 26.2 Å². The zero-order valence-corrected chi connectivity index (χ0v) is 18.2. The SMILES string of the molecule is CN(C)CCOCCOC1CCNCC1NC(=O)C1C(N)NN2CC(Cl)CNC12. The highest BCUT2D eigenvalue weighted by atomic mass is 35.5. The van der Waals surface area contributed by atoms with Gasteiger partial charge < -0.3 is 30.7 Å². The van der Waals surface area contributed by atoms with Crippen LogP contribution in [0.5, 0.6) is 0 Å². The Morgan fingerprint density at radius 3 is 2.93 bits per heavy atom. The first-order valence-corrected chi connectivity index (χ1v) is 10.9. The Labute approximate surface area is 178 Å². The number of rotatable bonds is 9. The number of amides is 1. The van der Waals surface area contributed by atoms with E-state index in [9.17, 15) is 4.79 Å². The molecule has 0 bridgehead atoms. The Kier molecular flexibility index (Phi) is 8.90. The lowest BCUT2D eigenvalue weighted by atomic mass is 9.99. The van der Waals surface area contributed by atoms with E-state index < -0.39 is 12.1 Å². The Balaban J connectivity index is 1.46. The van der Waals surface area contributed by atoms with Crippen LogP contribution in [0.2, 0.25) is 0 Å². The van der Waals surface area contributed by atoms with Gasteiger partial charge in [-0.25, -0.2) is 10.4 Å². The largest absolute Gasteiger partial charge is 0.378 e. The molecule has 10 nitrogen and oxygen atoms in total. The Hall–Kier alpha value is -0.560. The van der Waals surface area contributed by atoms with E-state index in [0.29, 0.717) is 39.5 Å². The van der Waals surface area contributed by atoms with Crippen molar-refractivity contribution in [2.45, 2.75) is 36.3 Å². The molecule has 3 saturated heterocycles. The van der Waals surface area contributed by atoms with E-state index in [0.717, 1.165) is 19.5 Å². The summed E-state index contributed by atoms with van der Waals surface area (Å²) in [5.41, 5.74) is 9.37. The lowest BCUT2D eigenvalue weighted by Gasteiger charge is -2.36. The fourth-order valence-corrected chi connectivity index (χ4v) is 4.28. The number of hydrazine groups is 1. The summed E-state index contributed by atoms with van der Waals surface area (Å²) in [5.74, 6) is -0.460. The number of halogens is 1. The van der Waals surface area contributed by atoms with E-state index in [-0.39, 0.29) is 29.6 Å². The first kappa shape index (κ1) is 23.1. The molecule has 3 fully saturated rings. The second-order valence-corrected chi connectivity index (χ2v) is 8.83. The zero-order chi connectivity index (χ0) is 20.8. The van der Waals surface area contributed by atoms with Gasteiger partial charge in [-0.15, -0.1) is 11.6 Å². The van der Waals surface area contributed by atoms with Crippen molar-refractivity contribution in [2.24, 2.45) is 11.7 Å². The number of nitrogens with one attached hydrogen (secondary N) is 4. The maximum atomic E-state index is 13.0. The third-order valence-corrected chi connectivity index (χ3v) is 5.90. The van der Waals surface area contributed by atoms with Crippen molar-refractivity contribution >= 4 is 17.5 Å². The average Bonchev–Trinajstić information content (AvgIpc) is 3.00. The van der Waals surface area contributed by atoms with Crippen LogP contribution in [-0.2, 0) is 14.3 Å². The van der Waals surface area contributed by atoms with Crippen LogP contribution in [0, 0.1) is 5.92 Å². The van der Waals surface area contributed by atoms with Gasteiger partial charge in [0.15, 0.2) is 0 Å². The number of likely N-dealkylation sites (N-methyl/N-ethyl adjacent to an activating group) is 1. The van der Waals surface area contributed by atoms with Crippen molar-refractivity contribution in [2.75, 3.05) is 66.6 Å². The molecule has 6 N–H and O–H groups in total. The molecule has 11 heteroatoms. The number of carbonyl (C=O) groups excluding carboxylic acids is 1. The third kappa shape index (κ3) is 6.46. The average molecular weight is 434 g/mol. The molecule has 0 aliphatic carbocycles. The van der Waals surface area contributed by atoms with E-state index in [1.54, 1.807) is 0 Å². The molecule has 0 aromatic rings. The fourth-order valence-electron chi connectivity index (χ4n) is 4.04. The minimum Gasteiger partial charge on any atom is -0.378 e. The molecule has 0 radical (unpaired) electrons. The molecular formula is C18H36ClN7O3. The summed E-state index contributed by atoms with van der Waals surface area (Å²) in [7, 11) is 4.04. The highest BCUT2D eigenvalue weighted by Crippen LogP contribution is 2.23. The maximum absolute atomic E-state index is 13.0. The number of carbonyl (C=O) groups is 1. The van der Waals surface area contributed by atoms with Crippen LogP contribution < -0.4 is 27.1 Å². The van der Waals surface area contributed by atoms with E-state index in [1.807, 2.05) is 19.1 Å². The topological polar surface area (TPSA) is 116 Å². The molecule has 3 rings (SSSR count). The molecule has 0 spiro atoms. The quantitative estimate of drug-likeness (QED) is 0.202. The van der Waals surface area contributed by atoms with Crippen molar-refractivity contribution in [3.05, 3.63) is 0 Å². The summed E-state index contributed by atoms with van der Waals surface area (Å²) in [6.07, 6.45) is 0.210.